The maximum absolute atomic E-state index is 12.4. The molecule has 150 valence electrons. The van der Waals surface area contributed by atoms with Crippen molar-refractivity contribution in [3.8, 4) is 5.75 Å². The molecule has 0 saturated carbocycles. The Kier molecular flexibility index (Phi) is 6.63. The number of carbonyl (C=O) groups is 1. The lowest BCUT2D eigenvalue weighted by atomic mass is 10.00. The van der Waals surface area contributed by atoms with Crippen molar-refractivity contribution in [2.75, 3.05) is 13.2 Å². The zero-order valence-electron chi connectivity index (χ0n) is 15.2. The fourth-order valence-corrected chi connectivity index (χ4v) is 3.70. The Hall–Kier alpha value is -2.46. The van der Waals surface area contributed by atoms with E-state index in [-0.39, 0.29) is 10.1 Å². The number of hydrogen-bond acceptors (Lipinski definition) is 6. The Labute approximate surface area is 163 Å². The molecule has 0 radical (unpaired) electrons. The second-order valence-electron chi connectivity index (χ2n) is 6.38. The summed E-state index contributed by atoms with van der Waals surface area (Å²) in [6.07, 6.45) is 0.871. The van der Waals surface area contributed by atoms with Crippen molar-refractivity contribution in [3.05, 3.63) is 60.2 Å². The van der Waals surface area contributed by atoms with Crippen LogP contribution in [0, 0.1) is 5.92 Å². The van der Waals surface area contributed by atoms with Crippen molar-refractivity contribution in [3.63, 3.8) is 0 Å². The molecule has 1 aliphatic rings. The van der Waals surface area contributed by atoms with Gasteiger partial charge in [0.2, 0.25) is 0 Å². The maximum Gasteiger partial charge on any atom is 0.265 e. The van der Waals surface area contributed by atoms with Crippen LogP contribution in [0.1, 0.15) is 18.4 Å². The molecule has 2 aromatic carbocycles. The zero-order chi connectivity index (χ0) is 20.0. The zero-order valence-corrected chi connectivity index (χ0v) is 16.0. The molecule has 8 nitrogen and oxygen atoms in total. The van der Waals surface area contributed by atoms with Gasteiger partial charge in [-0.25, -0.2) is 8.42 Å². The van der Waals surface area contributed by atoms with Crippen LogP contribution < -0.4 is 9.57 Å². The third-order valence-electron chi connectivity index (χ3n) is 4.37. The highest BCUT2D eigenvalue weighted by Gasteiger charge is 2.29. The number of amides is 1. The molecule has 0 aromatic heterocycles. The summed E-state index contributed by atoms with van der Waals surface area (Å²) in [6.45, 7) is 1.16. The number of sulfonamides is 1. The highest BCUT2D eigenvalue weighted by molar-refractivity contribution is 7.89. The van der Waals surface area contributed by atoms with Crippen molar-refractivity contribution < 1.29 is 27.9 Å². The van der Waals surface area contributed by atoms with Crippen molar-refractivity contribution in [1.29, 1.82) is 0 Å². The first-order valence-electron chi connectivity index (χ1n) is 8.85. The van der Waals surface area contributed by atoms with Gasteiger partial charge in [-0.2, -0.15) is 0 Å². The van der Waals surface area contributed by atoms with E-state index in [9.17, 15) is 18.4 Å². The minimum absolute atomic E-state index is 0.0468. The van der Waals surface area contributed by atoms with Gasteiger partial charge >= 0.3 is 0 Å². The summed E-state index contributed by atoms with van der Waals surface area (Å²) in [5.74, 6) is -0.674. The normalized spacial score (nSPS) is 15.2. The van der Waals surface area contributed by atoms with Gasteiger partial charge in [0.15, 0.2) is 0 Å². The molecule has 1 aliphatic heterocycles. The number of nitrogens with one attached hydrogen (secondary N) is 1. The van der Waals surface area contributed by atoms with Gasteiger partial charge in [0, 0.05) is 19.1 Å². The van der Waals surface area contributed by atoms with Crippen LogP contribution in [-0.2, 0) is 26.2 Å². The second kappa shape index (κ2) is 9.16. The lowest BCUT2D eigenvalue weighted by Crippen LogP contribution is -2.47. The molecule has 28 heavy (non-hydrogen) atoms. The Morgan fingerprint density at radius 1 is 1.11 bits per heavy atom. The summed E-state index contributed by atoms with van der Waals surface area (Å²) in [4.78, 5) is 13.9. The van der Waals surface area contributed by atoms with Crippen LogP contribution in [0.5, 0.6) is 5.75 Å². The Balaban J connectivity index is 1.59. The van der Waals surface area contributed by atoms with E-state index in [0.29, 0.717) is 38.4 Å². The topological polar surface area (TPSA) is 105 Å². The van der Waals surface area contributed by atoms with Gasteiger partial charge in [-0.3, -0.25) is 10.0 Å². The Morgan fingerprint density at radius 2 is 1.75 bits per heavy atom. The average Bonchev–Trinajstić information content (AvgIpc) is 2.73. The molecule has 0 spiro atoms. The van der Waals surface area contributed by atoms with Gasteiger partial charge in [0.1, 0.15) is 12.4 Å². The van der Waals surface area contributed by atoms with Crippen molar-refractivity contribution in [2.45, 2.75) is 24.3 Å². The number of hydroxylamine groups is 1. The SMILES string of the molecule is O=C(C1CCOCC1)N(O)NS(=O)(=O)c1ccc(OCc2ccccc2)cc1. The van der Waals surface area contributed by atoms with Gasteiger partial charge in [-0.1, -0.05) is 35.2 Å². The monoisotopic (exact) mass is 406 g/mol. The Bertz CT molecular complexity index is 880. The van der Waals surface area contributed by atoms with Crippen LogP contribution in [-0.4, -0.2) is 37.9 Å². The van der Waals surface area contributed by atoms with E-state index >= 15 is 0 Å². The standard InChI is InChI=1S/C19H22N2O6S/c22-19(16-10-12-26-13-11-16)21(23)20-28(24,25)18-8-6-17(7-9-18)27-14-15-4-2-1-3-5-15/h1-9,16,20,23H,10-14H2. The van der Waals surface area contributed by atoms with Crippen LogP contribution in [0.3, 0.4) is 0 Å². The van der Waals surface area contributed by atoms with Crippen LogP contribution in [0.4, 0.5) is 0 Å². The van der Waals surface area contributed by atoms with Crippen LogP contribution in [0.15, 0.2) is 59.5 Å². The summed E-state index contributed by atoms with van der Waals surface area (Å²) >= 11 is 0. The van der Waals surface area contributed by atoms with Crippen LogP contribution >= 0.6 is 0 Å². The van der Waals surface area contributed by atoms with E-state index in [1.54, 1.807) is 0 Å². The highest BCUT2D eigenvalue weighted by Crippen LogP contribution is 2.19. The summed E-state index contributed by atoms with van der Waals surface area (Å²) < 4.78 is 35.6. The van der Waals surface area contributed by atoms with E-state index < -0.39 is 21.8 Å². The number of nitrogens with zero attached hydrogens (tertiary/aromatic N) is 1. The molecule has 9 heteroatoms. The molecule has 1 saturated heterocycles. The Morgan fingerprint density at radius 3 is 2.39 bits per heavy atom. The smallest absolute Gasteiger partial charge is 0.265 e. The fraction of sp³-hybridized carbons (Fsp3) is 0.316. The molecule has 0 aliphatic carbocycles. The number of rotatable bonds is 7. The van der Waals surface area contributed by atoms with Crippen LogP contribution in [0.25, 0.3) is 0 Å². The molecule has 0 atom stereocenters. The summed E-state index contributed by atoms with van der Waals surface area (Å²) in [6, 6.07) is 15.3. The van der Waals surface area contributed by atoms with E-state index in [4.69, 9.17) is 9.47 Å². The molecular formula is C19H22N2O6S. The highest BCUT2D eigenvalue weighted by atomic mass is 32.2. The first-order chi connectivity index (χ1) is 13.5. The number of benzene rings is 2. The van der Waals surface area contributed by atoms with E-state index in [1.807, 2.05) is 35.2 Å². The van der Waals surface area contributed by atoms with E-state index in [2.05, 4.69) is 0 Å². The maximum atomic E-state index is 12.4. The van der Waals surface area contributed by atoms with Gasteiger partial charge in [0.25, 0.3) is 15.9 Å². The third-order valence-corrected chi connectivity index (χ3v) is 5.67. The molecular weight excluding hydrogens is 384 g/mol. The lowest BCUT2D eigenvalue weighted by Gasteiger charge is -2.24. The van der Waals surface area contributed by atoms with Crippen molar-refractivity contribution in [1.82, 2.24) is 10.0 Å². The number of hydrogen-bond donors (Lipinski definition) is 2. The molecule has 0 unspecified atom stereocenters. The van der Waals surface area contributed by atoms with Gasteiger partial charge in [-0.05, 0) is 42.7 Å². The van der Waals surface area contributed by atoms with Crippen LogP contribution in [0.2, 0.25) is 0 Å². The van der Waals surface area contributed by atoms with Gasteiger partial charge < -0.3 is 9.47 Å². The number of hydrazine groups is 1. The second-order valence-corrected chi connectivity index (χ2v) is 8.04. The van der Waals surface area contributed by atoms with E-state index in [1.165, 1.54) is 24.3 Å². The minimum atomic E-state index is -4.11. The minimum Gasteiger partial charge on any atom is -0.489 e. The van der Waals surface area contributed by atoms with Gasteiger partial charge in [0.05, 0.1) is 4.90 Å². The molecule has 1 fully saturated rings. The lowest BCUT2D eigenvalue weighted by molar-refractivity contribution is -0.179. The van der Waals surface area contributed by atoms with Crippen molar-refractivity contribution >= 4 is 15.9 Å². The predicted octanol–water partition coefficient (Wildman–Crippen LogP) is 2.10. The molecule has 0 bridgehead atoms. The number of carbonyl (C=O) groups excluding carboxylic acids is 1. The summed E-state index contributed by atoms with van der Waals surface area (Å²) in [7, 11) is -4.11. The largest absolute Gasteiger partial charge is 0.489 e. The third kappa shape index (κ3) is 5.29. The molecule has 1 amide bonds. The first kappa shape index (κ1) is 20.3. The first-order valence-corrected chi connectivity index (χ1v) is 10.3. The molecule has 1 heterocycles. The van der Waals surface area contributed by atoms with Gasteiger partial charge in [-0.15, -0.1) is 5.17 Å². The fourth-order valence-electron chi connectivity index (χ4n) is 2.78. The molecule has 2 aromatic rings. The summed E-state index contributed by atoms with van der Waals surface area (Å²) in [5, 5.41) is 9.91. The van der Waals surface area contributed by atoms with E-state index in [0.717, 1.165) is 5.56 Å². The number of ether oxygens (including phenoxy) is 2. The molecule has 3 rings (SSSR count). The average molecular weight is 406 g/mol. The predicted molar refractivity (Wildman–Crippen MR) is 99.7 cm³/mol. The van der Waals surface area contributed by atoms with Crippen molar-refractivity contribution in [2.24, 2.45) is 5.92 Å². The summed E-state index contributed by atoms with van der Waals surface area (Å²) in [5.41, 5.74) is 0.989. The molecule has 2 N–H and O–H groups in total. The quantitative estimate of drug-likeness (QED) is 0.539.